The molecule has 0 fully saturated rings. The Morgan fingerprint density at radius 1 is 1.38 bits per heavy atom. The Hall–Kier alpha value is -0.520. The largest absolute Gasteiger partial charge is 0.207 e. The van der Waals surface area contributed by atoms with Gasteiger partial charge in [0, 0.05) is 10.0 Å². The van der Waals surface area contributed by atoms with E-state index in [1.54, 1.807) is 6.07 Å². The molecular formula is C10H7BrClFN2S. The molecule has 0 radical (unpaired) electrons. The molecule has 1 unspecified atom stereocenters. The Morgan fingerprint density at radius 3 is 2.69 bits per heavy atom. The van der Waals surface area contributed by atoms with Gasteiger partial charge in [0.1, 0.15) is 15.8 Å². The van der Waals surface area contributed by atoms with Gasteiger partial charge in [0.15, 0.2) is 0 Å². The van der Waals surface area contributed by atoms with Gasteiger partial charge in [0.25, 0.3) is 0 Å². The number of nitrogens with zero attached hydrogens (tertiary/aromatic N) is 2. The lowest BCUT2D eigenvalue weighted by atomic mass is 10.2. The molecule has 6 heteroatoms. The van der Waals surface area contributed by atoms with E-state index in [1.807, 2.05) is 6.92 Å². The van der Waals surface area contributed by atoms with E-state index in [-0.39, 0.29) is 11.2 Å². The van der Waals surface area contributed by atoms with E-state index in [0.717, 1.165) is 5.01 Å². The summed E-state index contributed by atoms with van der Waals surface area (Å²) in [7, 11) is 0. The zero-order valence-corrected chi connectivity index (χ0v) is 11.4. The first-order valence-corrected chi connectivity index (χ1v) is 6.55. The van der Waals surface area contributed by atoms with E-state index in [1.165, 1.54) is 23.5 Å². The molecule has 0 saturated carbocycles. The highest BCUT2D eigenvalue weighted by molar-refractivity contribution is 9.10. The molecule has 16 heavy (non-hydrogen) atoms. The second kappa shape index (κ2) is 4.77. The summed E-state index contributed by atoms with van der Waals surface area (Å²) in [6.07, 6.45) is 0. The molecule has 0 aliphatic heterocycles. The van der Waals surface area contributed by atoms with Crippen LogP contribution in [0, 0.1) is 5.82 Å². The maximum atomic E-state index is 13.2. The summed E-state index contributed by atoms with van der Waals surface area (Å²) in [5.74, 6) is -0.306. The standard InChI is InChI=1S/C10H7BrClFN2S/c1-5(12)9-14-15-10(16-9)6-2-7(11)4-8(13)3-6/h2-5H,1H3. The van der Waals surface area contributed by atoms with Crippen molar-refractivity contribution in [2.75, 3.05) is 0 Å². The monoisotopic (exact) mass is 320 g/mol. The number of alkyl halides is 1. The molecule has 1 aromatic heterocycles. The zero-order valence-electron chi connectivity index (χ0n) is 8.25. The van der Waals surface area contributed by atoms with E-state index >= 15 is 0 Å². The third-order valence-electron chi connectivity index (χ3n) is 1.89. The average molecular weight is 322 g/mol. The number of hydrogen-bond donors (Lipinski definition) is 0. The molecule has 0 aliphatic carbocycles. The van der Waals surface area contributed by atoms with Gasteiger partial charge in [-0.3, -0.25) is 0 Å². The predicted octanol–water partition coefficient (Wildman–Crippen LogP) is 4.41. The molecule has 0 saturated heterocycles. The molecule has 1 heterocycles. The van der Waals surface area contributed by atoms with Gasteiger partial charge in [-0.1, -0.05) is 27.3 Å². The van der Waals surface area contributed by atoms with Crippen LogP contribution in [0.3, 0.4) is 0 Å². The van der Waals surface area contributed by atoms with Crippen LogP contribution in [0.1, 0.15) is 17.3 Å². The van der Waals surface area contributed by atoms with Crippen molar-refractivity contribution in [3.05, 3.63) is 33.5 Å². The van der Waals surface area contributed by atoms with Crippen molar-refractivity contribution in [2.24, 2.45) is 0 Å². The zero-order chi connectivity index (χ0) is 11.7. The summed E-state index contributed by atoms with van der Waals surface area (Å²) in [6.45, 7) is 1.83. The second-order valence-electron chi connectivity index (χ2n) is 3.22. The predicted molar refractivity (Wildman–Crippen MR) is 67.3 cm³/mol. The highest BCUT2D eigenvalue weighted by Crippen LogP contribution is 2.31. The molecule has 1 atom stereocenters. The number of rotatable bonds is 2. The molecule has 2 rings (SSSR count). The molecule has 0 spiro atoms. The average Bonchev–Trinajstić information content (AvgIpc) is 2.64. The van der Waals surface area contributed by atoms with Crippen LogP contribution in [0.5, 0.6) is 0 Å². The van der Waals surface area contributed by atoms with Crippen LogP contribution < -0.4 is 0 Å². The Balaban J connectivity index is 2.42. The quantitative estimate of drug-likeness (QED) is 0.766. The van der Waals surface area contributed by atoms with Gasteiger partial charge in [0.05, 0.1) is 5.38 Å². The fourth-order valence-electron chi connectivity index (χ4n) is 1.19. The molecule has 0 bridgehead atoms. The van der Waals surface area contributed by atoms with E-state index < -0.39 is 0 Å². The normalized spacial score (nSPS) is 12.8. The van der Waals surface area contributed by atoms with Crippen LogP contribution >= 0.6 is 38.9 Å². The highest BCUT2D eigenvalue weighted by Gasteiger charge is 2.11. The summed E-state index contributed by atoms with van der Waals surface area (Å²) in [5, 5.41) is 9.16. The van der Waals surface area contributed by atoms with Crippen LogP contribution in [0.4, 0.5) is 4.39 Å². The van der Waals surface area contributed by atoms with Gasteiger partial charge >= 0.3 is 0 Å². The lowest BCUT2D eigenvalue weighted by Gasteiger charge is -1.97. The molecule has 1 aromatic carbocycles. The Morgan fingerprint density at radius 2 is 2.12 bits per heavy atom. The Bertz CT molecular complexity index is 495. The number of halogens is 3. The topological polar surface area (TPSA) is 25.8 Å². The lowest BCUT2D eigenvalue weighted by molar-refractivity contribution is 0.627. The van der Waals surface area contributed by atoms with E-state index in [4.69, 9.17) is 11.6 Å². The van der Waals surface area contributed by atoms with Crippen molar-refractivity contribution in [2.45, 2.75) is 12.3 Å². The smallest absolute Gasteiger partial charge is 0.147 e. The van der Waals surface area contributed by atoms with Crippen LogP contribution in [-0.4, -0.2) is 10.2 Å². The molecule has 0 aliphatic rings. The van der Waals surface area contributed by atoms with Gasteiger partial charge in [-0.15, -0.1) is 21.8 Å². The maximum Gasteiger partial charge on any atom is 0.147 e. The summed E-state index contributed by atoms with van der Waals surface area (Å²) >= 11 is 10.5. The van der Waals surface area contributed by atoms with E-state index in [0.29, 0.717) is 15.0 Å². The van der Waals surface area contributed by atoms with Crippen molar-refractivity contribution in [1.82, 2.24) is 10.2 Å². The van der Waals surface area contributed by atoms with Gasteiger partial charge in [-0.05, 0) is 25.1 Å². The SMILES string of the molecule is CC(Cl)c1nnc(-c2cc(F)cc(Br)c2)s1. The van der Waals surface area contributed by atoms with E-state index in [9.17, 15) is 4.39 Å². The summed E-state index contributed by atoms with van der Waals surface area (Å²) in [6, 6.07) is 4.62. The highest BCUT2D eigenvalue weighted by atomic mass is 79.9. The summed E-state index contributed by atoms with van der Waals surface area (Å²) in [5.41, 5.74) is 0.702. The van der Waals surface area contributed by atoms with E-state index in [2.05, 4.69) is 26.1 Å². The third kappa shape index (κ3) is 2.59. The fourth-order valence-corrected chi connectivity index (χ4v) is 2.59. The first-order chi connectivity index (χ1) is 7.56. The van der Waals surface area contributed by atoms with Crippen molar-refractivity contribution in [1.29, 1.82) is 0 Å². The fraction of sp³-hybridized carbons (Fsp3) is 0.200. The number of aromatic nitrogens is 2. The van der Waals surface area contributed by atoms with Gasteiger partial charge < -0.3 is 0 Å². The van der Waals surface area contributed by atoms with Crippen molar-refractivity contribution in [3.8, 4) is 10.6 Å². The van der Waals surface area contributed by atoms with Crippen LogP contribution in [0.25, 0.3) is 10.6 Å². The number of hydrogen-bond acceptors (Lipinski definition) is 3. The molecular weight excluding hydrogens is 315 g/mol. The van der Waals surface area contributed by atoms with Gasteiger partial charge in [-0.2, -0.15) is 0 Å². The summed E-state index contributed by atoms with van der Waals surface area (Å²) in [4.78, 5) is 0. The molecule has 0 amide bonds. The first-order valence-electron chi connectivity index (χ1n) is 4.50. The second-order valence-corrected chi connectivity index (χ2v) is 5.80. The Labute approximate surface area is 110 Å². The van der Waals surface area contributed by atoms with Gasteiger partial charge in [0.2, 0.25) is 0 Å². The first kappa shape index (κ1) is 12.0. The molecule has 0 N–H and O–H groups in total. The minimum Gasteiger partial charge on any atom is -0.207 e. The van der Waals surface area contributed by atoms with Crippen molar-refractivity contribution >= 4 is 38.9 Å². The maximum absolute atomic E-state index is 13.2. The minimum atomic E-state index is -0.306. The Kier molecular flexibility index (Phi) is 3.56. The van der Waals surface area contributed by atoms with Crippen LogP contribution in [0.2, 0.25) is 0 Å². The van der Waals surface area contributed by atoms with Crippen LogP contribution in [-0.2, 0) is 0 Å². The number of benzene rings is 1. The van der Waals surface area contributed by atoms with Crippen LogP contribution in [0.15, 0.2) is 22.7 Å². The lowest BCUT2D eigenvalue weighted by Crippen LogP contribution is -1.81. The minimum absolute atomic E-state index is 0.178. The van der Waals surface area contributed by atoms with Crippen molar-refractivity contribution in [3.63, 3.8) is 0 Å². The van der Waals surface area contributed by atoms with Gasteiger partial charge in [-0.25, -0.2) is 4.39 Å². The molecule has 2 aromatic rings. The van der Waals surface area contributed by atoms with Crippen molar-refractivity contribution < 1.29 is 4.39 Å². The third-order valence-corrected chi connectivity index (χ3v) is 3.84. The molecule has 2 nitrogen and oxygen atoms in total. The summed E-state index contributed by atoms with van der Waals surface area (Å²) < 4.78 is 13.9. The molecule has 84 valence electrons.